The SMILES string of the molecule is Cn1cncc1-c1ncc2c(n1)CCCCC2=O. The summed E-state index contributed by atoms with van der Waals surface area (Å²) in [6.07, 6.45) is 8.54. The van der Waals surface area contributed by atoms with Gasteiger partial charge in [-0.15, -0.1) is 0 Å². The first-order valence-corrected chi connectivity index (χ1v) is 6.11. The molecule has 0 aliphatic heterocycles. The van der Waals surface area contributed by atoms with Crippen LogP contribution in [0.3, 0.4) is 0 Å². The number of hydrogen-bond donors (Lipinski definition) is 0. The predicted molar refractivity (Wildman–Crippen MR) is 66.1 cm³/mol. The molecule has 0 atom stereocenters. The van der Waals surface area contributed by atoms with E-state index in [0.29, 0.717) is 17.8 Å². The second-order valence-corrected chi connectivity index (χ2v) is 4.57. The molecule has 0 saturated heterocycles. The Morgan fingerprint density at radius 2 is 2.06 bits per heavy atom. The predicted octanol–water partition coefficient (Wildman–Crippen LogP) is 1.79. The zero-order valence-electron chi connectivity index (χ0n) is 10.3. The van der Waals surface area contributed by atoms with Gasteiger partial charge in [0, 0.05) is 19.7 Å². The lowest BCUT2D eigenvalue weighted by molar-refractivity contribution is 0.0981. The van der Waals surface area contributed by atoms with Crippen LogP contribution >= 0.6 is 0 Å². The number of hydrogen-bond acceptors (Lipinski definition) is 4. The molecular weight excluding hydrogens is 228 g/mol. The minimum absolute atomic E-state index is 0.166. The summed E-state index contributed by atoms with van der Waals surface area (Å²) >= 11 is 0. The highest BCUT2D eigenvalue weighted by atomic mass is 16.1. The van der Waals surface area contributed by atoms with Crippen molar-refractivity contribution in [3.8, 4) is 11.5 Å². The molecule has 0 amide bonds. The minimum Gasteiger partial charge on any atom is -0.331 e. The van der Waals surface area contributed by atoms with Crippen molar-refractivity contribution in [3.05, 3.63) is 30.0 Å². The zero-order valence-corrected chi connectivity index (χ0v) is 10.3. The second kappa shape index (κ2) is 4.33. The fourth-order valence-electron chi connectivity index (χ4n) is 2.25. The number of carbonyl (C=O) groups excluding carboxylic acids is 1. The standard InChI is InChI=1S/C13H14N4O/c1-17-8-14-7-11(17)13-15-6-9-10(16-13)4-2-3-5-12(9)18/h6-8H,2-5H2,1H3. The molecule has 0 unspecified atom stereocenters. The Balaban J connectivity index is 2.08. The van der Waals surface area contributed by atoms with Crippen molar-refractivity contribution in [1.29, 1.82) is 0 Å². The normalized spacial score (nSPS) is 15.3. The van der Waals surface area contributed by atoms with E-state index in [-0.39, 0.29) is 5.78 Å². The summed E-state index contributed by atoms with van der Waals surface area (Å²) in [7, 11) is 1.91. The van der Waals surface area contributed by atoms with E-state index in [1.807, 2.05) is 11.6 Å². The number of rotatable bonds is 1. The number of aromatic nitrogens is 4. The third-order valence-electron chi connectivity index (χ3n) is 3.28. The molecule has 0 spiro atoms. The molecule has 18 heavy (non-hydrogen) atoms. The molecule has 0 bridgehead atoms. The van der Waals surface area contributed by atoms with E-state index in [1.165, 1.54) is 0 Å². The molecule has 0 fully saturated rings. The number of ketones is 1. The summed E-state index contributed by atoms with van der Waals surface area (Å²) in [5, 5.41) is 0. The van der Waals surface area contributed by atoms with Crippen molar-refractivity contribution < 1.29 is 4.79 Å². The Morgan fingerprint density at radius 1 is 1.22 bits per heavy atom. The quantitative estimate of drug-likeness (QED) is 0.715. The monoisotopic (exact) mass is 242 g/mol. The number of fused-ring (bicyclic) bond motifs is 1. The van der Waals surface area contributed by atoms with Gasteiger partial charge in [0.2, 0.25) is 0 Å². The van der Waals surface area contributed by atoms with Crippen LogP contribution in [0.15, 0.2) is 18.7 Å². The van der Waals surface area contributed by atoms with Gasteiger partial charge in [0.15, 0.2) is 11.6 Å². The van der Waals surface area contributed by atoms with Crippen LogP contribution in [0, 0.1) is 0 Å². The molecule has 3 rings (SSSR count). The maximum Gasteiger partial charge on any atom is 0.178 e. The van der Waals surface area contributed by atoms with Crippen molar-refractivity contribution in [3.63, 3.8) is 0 Å². The Morgan fingerprint density at radius 3 is 2.83 bits per heavy atom. The van der Waals surface area contributed by atoms with Crippen LogP contribution in [0.4, 0.5) is 0 Å². The molecule has 0 saturated carbocycles. The third kappa shape index (κ3) is 1.81. The van der Waals surface area contributed by atoms with Gasteiger partial charge in [0.1, 0.15) is 5.69 Å². The topological polar surface area (TPSA) is 60.7 Å². The Labute approximate surface area is 105 Å². The first-order chi connectivity index (χ1) is 8.75. The van der Waals surface area contributed by atoms with Crippen LogP contribution < -0.4 is 0 Å². The van der Waals surface area contributed by atoms with Crippen molar-refractivity contribution in [2.24, 2.45) is 7.05 Å². The van der Waals surface area contributed by atoms with Gasteiger partial charge in [-0.3, -0.25) is 4.79 Å². The van der Waals surface area contributed by atoms with Gasteiger partial charge in [-0.05, 0) is 19.3 Å². The average Bonchev–Trinajstić information content (AvgIpc) is 2.71. The second-order valence-electron chi connectivity index (χ2n) is 4.57. The van der Waals surface area contributed by atoms with Crippen molar-refractivity contribution >= 4 is 5.78 Å². The molecule has 0 radical (unpaired) electrons. The summed E-state index contributed by atoms with van der Waals surface area (Å²) in [5.74, 6) is 0.808. The van der Waals surface area contributed by atoms with Crippen molar-refractivity contribution in [1.82, 2.24) is 19.5 Å². The van der Waals surface area contributed by atoms with Gasteiger partial charge in [0.25, 0.3) is 0 Å². The third-order valence-corrected chi connectivity index (χ3v) is 3.28. The molecule has 0 aromatic carbocycles. The highest BCUT2D eigenvalue weighted by Crippen LogP contribution is 2.21. The van der Waals surface area contributed by atoms with Crippen LogP contribution in [-0.4, -0.2) is 25.3 Å². The highest BCUT2D eigenvalue weighted by molar-refractivity contribution is 5.97. The summed E-state index contributed by atoms with van der Waals surface area (Å²) in [6.45, 7) is 0. The molecule has 2 heterocycles. The Bertz CT molecular complexity index is 603. The Kier molecular flexibility index (Phi) is 2.66. The van der Waals surface area contributed by atoms with Crippen LogP contribution in [0.25, 0.3) is 11.5 Å². The molecule has 0 N–H and O–H groups in total. The first-order valence-electron chi connectivity index (χ1n) is 6.11. The number of carbonyl (C=O) groups is 1. The number of imidazole rings is 1. The lowest BCUT2D eigenvalue weighted by Crippen LogP contribution is -2.06. The van der Waals surface area contributed by atoms with E-state index < -0.39 is 0 Å². The number of aryl methyl sites for hydroxylation is 2. The maximum atomic E-state index is 11.9. The molecule has 92 valence electrons. The molecule has 2 aromatic heterocycles. The summed E-state index contributed by atoms with van der Waals surface area (Å²) in [5.41, 5.74) is 2.44. The highest BCUT2D eigenvalue weighted by Gasteiger charge is 2.18. The van der Waals surface area contributed by atoms with E-state index in [0.717, 1.165) is 30.7 Å². The fourth-order valence-corrected chi connectivity index (χ4v) is 2.25. The van der Waals surface area contributed by atoms with E-state index in [4.69, 9.17) is 0 Å². The van der Waals surface area contributed by atoms with Gasteiger partial charge in [-0.1, -0.05) is 0 Å². The van der Waals surface area contributed by atoms with Gasteiger partial charge >= 0.3 is 0 Å². The summed E-state index contributed by atoms with van der Waals surface area (Å²) in [4.78, 5) is 24.8. The van der Waals surface area contributed by atoms with Crippen LogP contribution in [0.2, 0.25) is 0 Å². The smallest absolute Gasteiger partial charge is 0.178 e. The Hall–Kier alpha value is -2.04. The molecule has 1 aliphatic carbocycles. The first kappa shape index (κ1) is 11.1. The maximum absolute atomic E-state index is 11.9. The average molecular weight is 242 g/mol. The van der Waals surface area contributed by atoms with Crippen LogP contribution in [0.1, 0.15) is 35.3 Å². The van der Waals surface area contributed by atoms with Gasteiger partial charge < -0.3 is 4.57 Å². The van der Waals surface area contributed by atoms with Gasteiger partial charge in [-0.2, -0.15) is 0 Å². The molecule has 5 nitrogen and oxygen atoms in total. The lowest BCUT2D eigenvalue weighted by atomic mass is 10.1. The molecule has 5 heteroatoms. The number of nitrogens with zero attached hydrogens (tertiary/aromatic N) is 4. The lowest BCUT2D eigenvalue weighted by Gasteiger charge is -2.06. The van der Waals surface area contributed by atoms with E-state index >= 15 is 0 Å². The largest absolute Gasteiger partial charge is 0.331 e. The zero-order chi connectivity index (χ0) is 12.5. The van der Waals surface area contributed by atoms with Crippen molar-refractivity contribution in [2.45, 2.75) is 25.7 Å². The number of Topliss-reactive ketones (excluding diaryl/α,β-unsaturated/α-hetero) is 1. The fraction of sp³-hybridized carbons (Fsp3) is 0.385. The van der Waals surface area contributed by atoms with E-state index in [9.17, 15) is 4.79 Å². The van der Waals surface area contributed by atoms with Gasteiger partial charge in [-0.25, -0.2) is 15.0 Å². The van der Waals surface area contributed by atoms with Crippen LogP contribution in [0.5, 0.6) is 0 Å². The molecular formula is C13H14N4O. The summed E-state index contributed by atoms with van der Waals surface area (Å²) in [6, 6.07) is 0. The van der Waals surface area contributed by atoms with Crippen LogP contribution in [-0.2, 0) is 13.5 Å². The van der Waals surface area contributed by atoms with Gasteiger partial charge in [0.05, 0.1) is 23.8 Å². The van der Waals surface area contributed by atoms with E-state index in [2.05, 4.69) is 15.0 Å². The summed E-state index contributed by atoms with van der Waals surface area (Å²) < 4.78 is 1.88. The van der Waals surface area contributed by atoms with E-state index in [1.54, 1.807) is 18.7 Å². The minimum atomic E-state index is 0.166. The van der Waals surface area contributed by atoms with Crippen molar-refractivity contribution in [2.75, 3.05) is 0 Å². The molecule has 1 aliphatic rings. The molecule has 2 aromatic rings.